The molecule has 0 radical (unpaired) electrons. The van der Waals surface area contributed by atoms with Crippen LogP contribution in [0.15, 0.2) is 66.7 Å². The monoisotopic (exact) mass is 450 g/mol. The van der Waals surface area contributed by atoms with Gasteiger partial charge in [0.2, 0.25) is 0 Å². The van der Waals surface area contributed by atoms with Crippen molar-refractivity contribution in [3.05, 3.63) is 93.5 Å². The van der Waals surface area contributed by atoms with E-state index >= 15 is 0 Å². The third kappa shape index (κ3) is 5.85. The van der Waals surface area contributed by atoms with Gasteiger partial charge in [0.05, 0.1) is 24.7 Å². The predicted molar refractivity (Wildman–Crippen MR) is 121 cm³/mol. The van der Waals surface area contributed by atoms with Crippen molar-refractivity contribution in [2.75, 3.05) is 26.1 Å². The molecule has 0 aromatic heterocycles. The van der Waals surface area contributed by atoms with Gasteiger partial charge < -0.3 is 19.5 Å². The summed E-state index contributed by atoms with van der Waals surface area (Å²) in [5.41, 5.74) is 1.27. The van der Waals surface area contributed by atoms with Gasteiger partial charge in [-0.2, -0.15) is 0 Å². The lowest BCUT2D eigenvalue weighted by atomic mass is 10.1. The highest BCUT2D eigenvalue weighted by atomic mass is 16.6. The molecule has 0 aliphatic rings. The van der Waals surface area contributed by atoms with E-state index in [1.165, 1.54) is 38.5 Å². The van der Waals surface area contributed by atoms with Crippen molar-refractivity contribution < 1.29 is 28.7 Å². The molecule has 0 fully saturated rings. The molecule has 3 rings (SSSR count). The van der Waals surface area contributed by atoms with E-state index in [0.29, 0.717) is 23.7 Å². The van der Waals surface area contributed by atoms with Crippen LogP contribution in [0.4, 0.5) is 11.4 Å². The summed E-state index contributed by atoms with van der Waals surface area (Å²) in [6.45, 7) is -0.154. The summed E-state index contributed by atoms with van der Waals surface area (Å²) in [4.78, 5) is 35.8. The van der Waals surface area contributed by atoms with Crippen LogP contribution in [-0.2, 0) is 11.3 Å². The number of nitro groups is 1. The zero-order chi connectivity index (χ0) is 23.8. The second-order valence-corrected chi connectivity index (χ2v) is 6.90. The van der Waals surface area contributed by atoms with E-state index in [1.807, 2.05) is 30.3 Å². The molecule has 1 N–H and O–H groups in total. The summed E-state index contributed by atoms with van der Waals surface area (Å²) in [6, 6.07) is 17.9. The third-order valence-electron chi connectivity index (χ3n) is 4.80. The number of Topliss-reactive ketones (excluding diaryl/α,β-unsaturated/α-hetero) is 1. The van der Waals surface area contributed by atoms with Crippen LogP contribution >= 0.6 is 0 Å². The minimum Gasteiger partial charge on any atom is -0.493 e. The van der Waals surface area contributed by atoms with E-state index in [4.69, 9.17) is 14.2 Å². The molecule has 170 valence electrons. The molecule has 0 bridgehead atoms. The van der Waals surface area contributed by atoms with Crippen LogP contribution in [0.5, 0.6) is 11.5 Å². The Bertz CT molecular complexity index is 1160. The van der Waals surface area contributed by atoms with Crippen molar-refractivity contribution in [1.29, 1.82) is 0 Å². The number of rotatable bonds is 10. The second-order valence-electron chi connectivity index (χ2n) is 6.90. The number of anilines is 1. The third-order valence-corrected chi connectivity index (χ3v) is 4.80. The molecule has 0 unspecified atom stereocenters. The Morgan fingerprint density at radius 2 is 1.67 bits per heavy atom. The molecule has 0 atom stereocenters. The summed E-state index contributed by atoms with van der Waals surface area (Å²) in [5, 5.41) is 14.3. The number of methoxy groups -OCH3 is 2. The molecule has 9 nitrogen and oxygen atoms in total. The number of esters is 1. The van der Waals surface area contributed by atoms with Crippen molar-refractivity contribution in [3.8, 4) is 11.5 Å². The van der Waals surface area contributed by atoms with Gasteiger partial charge in [0.1, 0.15) is 0 Å². The molecule has 0 saturated heterocycles. The number of ether oxygens (including phenoxy) is 3. The highest BCUT2D eigenvalue weighted by Gasteiger charge is 2.20. The van der Waals surface area contributed by atoms with Crippen molar-refractivity contribution in [3.63, 3.8) is 0 Å². The van der Waals surface area contributed by atoms with Crippen LogP contribution in [0.1, 0.15) is 26.3 Å². The molecule has 3 aromatic carbocycles. The maximum atomic E-state index is 12.7. The van der Waals surface area contributed by atoms with E-state index in [1.54, 1.807) is 6.07 Å². The number of carbonyl (C=O) groups is 2. The maximum Gasteiger partial charge on any atom is 0.340 e. The lowest BCUT2D eigenvalue weighted by Crippen LogP contribution is -2.16. The number of non-ortho nitro benzene ring substituents is 1. The number of benzene rings is 3. The van der Waals surface area contributed by atoms with Crippen LogP contribution in [0.3, 0.4) is 0 Å². The van der Waals surface area contributed by atoms with Gasteiger partial charge in [-0.25, -0.2) is 4.79 Å². The molecule has 0 amide bonds. The number of nitro benzene ring substituents is 1. The Labute approximate surface area is 190 Å². The number of ketones is 1. The lowest BCUT2D eigenvalue weighted by Gasteiger charge is -2.12. The minimum atomic E-state index is -0.858. The molecule has 0 saturated carbocycles. The SMILES string of the molecule is COc1ccc(C(=O)COC(=O)c2cc([N+](=O)[O-])ccc2NCc2ccccc2)cc1OC. The van der Waals surface area contributed by atoms with Crippen molar-refractivity contribution in [2.24, 2.45) is 0 Å². The van der Waals surface area contributed by atoms with Gasteiger partial charge in [-0.1, -0.05) is 30.3 Å². The summed E-state index contributed by atoms with van der Waals surface area (Å²) in [6.07, 6.45) is 0. The smallest absolute Gasteiger partial charge is 0.340 e. The van der Waals surface area contributed by atoms with E-state index in [0.717, 1.165) is 11.6 Å². The van der Waals surface area contributed by atoms with E-state index in [2.05, 4.69) is 5.32 Å². The first-order valence-corrected chi connectivity index (χ1v) is 9.91. The van der Waals surface area contributed by atoms with E-state index < -0.39 is 23.3 Å². The predicted octanol–water partition coefficient (Wildman–Crippen LogP) is 4.26. The van der Waals surface area contributed by atoms with Gasteiger partial charge in [0, 0.05) is 29.9 Å². The van der Waals surface area contributed by atoms with Crippen LogP contribution in [0.25, 0.3) is 0 Å². The Hall–Kier alpha value is -4.40. The summed E-state index contributed by atoms with van der Waals surface area (Å²) >= 11 is 0. The van der Waals surface area contributed by atoms with Crippen molar-refractivity contribution in [1.82, 2.24) is 0 Å². The van der Waals surface area contributed by atoms with Gasteiger partial charge in [-0.05, 0) is 29.8 Å². The first kappa shape index (κ1) is 23.3. The van der Waals surface area contributed by atoms with Crippen LogP contribution in [0.2, 0.25) is 0 Å². The van der Waals surface area contributed by atoms with Gasteiger partial charge in [0.25, 0.3) is 5.69 Å². The number of hydrogen-bond donors (Lipinski definition) is 1. The minimum absolute atomic E-state index is 0.0414. The first-order valence-electron chi connectivity index (χ1n) is 9.91. The molecule has 0 aliphatic carbocycles. The van der Waals surface area contributed by atoms with Gasteiger partial charge >= 0.3 is 5.97 Å². The quantitative estimate of drug-likeness (QED) is 0.211. The van der Waals surface area contributed by atoms with Gasteiger partial charge in [0.15, 0.2) is 23.9 Å². The lowest BCUT2D eigenvalue weighted by molar-refractivity contribution is -0.384. The van der Waals surface area contributed by atoms with Crippen molar-refractivity contribution in [2.45, 2.75) is 6.54 Å². The summed E-state index contributed by atoms with van der Waals surface area (Å²) in [5.74, 6) is -0.505. The summed E-state index contributed by atoms with van der Waals surface area (Å²) in [7, 11) is 2.92. The fourth-order valence-electron chi connectivity index (χ4n) is 3.06. The second kappa shape index (κ2) is 10.8. The topological polar surface area (TPSA) is 117 Å². The fraction of sp³-hybridized carbons (Fsp3) is 0.167. The van der Waals surface area contributed by atoms with Gasteiger partial charge in [-0.15, -0.1) is 0 Å². The highest BCUT2D eigenvalue weighted by molar-refractivity contribution is 6.01. The Balaban J connectivity index is 1.75. The number of carbonyl (C=O) groups excluding carboxylic acids is 2. The molecule has 0 aliphatic heterocycles. The van der Waals surface area contributed by atoms with Crippen molar-refractivity contribution >= 4 is 23.1 Å². The zero-order valence-electron chi connectivity index (χ0n) is 18.1. The van der Waals surface area contributed by atoms with Crippen LogP contribution < -0.4 is 14.8 Å². The molecular formula is C24H22N2O7. The molecule has 0 spiro atoms. The average Bonchev–Trinajstić information content (AvgIpc) is 2.85. The number of nitrogens with one attached hydrogen (secondary N) is 1. The van der Waals surface area contributed by atoms with Gasteiger partial charge in [-0.3, -0.25) is 14.9 Å². The highest BCUT2D eigenvalue weighted by Crippen LogP contribution is 2.28. The Kier molecular flexibility index (Phi) is 7.59. The Morgan fingerprint density at radius 3 is 2.33 bits per heavy atom. The zero-order valence-corrected chi connectivity index (χ0v) is 18.1. The Morgan fingerprint density at radius 1 is 0.939 bits per heavy atom. The first-order chi connectivity index (χ1) is 15.9. The number of hydrogen-bond acceptors (Lipinski definition) is 8. The standard InChI is InChI=1S/C24H22N2O7/c1-31-22-11-8-17(12-23(22)32-2)21(27)15-33-24(28)19-13-18(26(29)30)9-10-20(19)25-14-16-6-4-3-5-7-16/h3-13,25H,14-15H2,1-2H3. The largest absolute Gasteiger partial charge is 0.493 e. The molecule has 3 aromatic rings. The average molecular weight is 450 g/mol. The maximum absolute atomic E-state index is 12.7. The fourth-order valence-corrected chi connectivity index (χ4v) is 3.06. The van der Waals surface area contributed by atoms with E-state index in [-0.39, 0.29) is 16.8 Å². The molecule has 9 heteroatoms. The molecular weight excluding hydrogens is 428 g/mol. The molecule has 0 heterocycles. The normalized spacial score (nSPS) is 10.2. The van der Waals surface area contributed by atoms with E-state index in [9.17, 15) is 19.7 Å². The number of nitrogens with zero attached hydrogens (tertiary/aromatic N) is 1. The van der Waals surface area contributed by atoms with Crippen LogP contribution in [-0.4, -0.2) is 37.5 Å². The molecule has 33 heavy (non-hydrogen) atoms. The van der Waals surface area contributed by atoms with Crippen LogP contribution in [0, 0.1) is 10.1 Å². The summed E-state index contributed by atoms with van der Waals surface area (Å²) < 4.78 is 15.5.